The van der Waals surface area contributed by atoms with Crippen LogP contribution in [0.1, 0.15) is 37.8 Å². The smallest absolute Gasteiger partial charge is 0.242 e. The van der Waals surface area contributed by atoms with Crippen molar-refractivity contribution in [3.05, 3.63) is 62.6 Å². The van der Waals surface area contributed by atoms with Crippen molar-refractivity contribution in [1.29, 1.82) is 0 Å². The zero-order valence-corrected chi connectivity index (χ0v) is 23.2. The average Bonchev–Trinajstić information content (AvgIpc) is 2.78. The number of nitrogens with one attached hydrogen (secondary N) is 1. The maximum absolute atomic E-state index is 13.2. The average molecular weight is 563 g/mol. The van der Waals surface area contributed by atoms with Crippen molar-refractivity contribution in [1.82, 2.24) is 10.2 Å². The van der Waals surface area contributed by atoms with Gasteiger partial charge in [0.2, 0.25) is 21.8 Å². The summed E-state index contributed by atoms with van der Waals surface area (Å²) in [5.41, 5.74) is 1.82. The van der Waals surface area contributed by atoms with Gasteiger partial charge in [-0.05, 0) is 62.6 Å². The fraction of sp³-hybridized carbons (Fsp3) is 0.417. The number of halogens is 3. The van der Waals surface area contributed by atoms with Crippen LogP contribution in [0, 0.1) is 6.92 Å². The lowest BCUT2D eigenvalue weighted by Gasteiger charge is -2.29. The van der Waals surface area contributed by atoms with Gasteiger partial charge >= 0.3 is 0 Å². The molecule has 0 aliphatic carbocycles. The second-order valence-electron chi connectivity index (χ2n) is 8.16. The number of sulfonamides is 1. The predicted octanol–water partition coefficient (Wildman–Crippen LogP) is 5.05. The SMILES string of the molecule is CCNC(=O)C(C)N(Cc1ccc(Cl)c(Cl)c1)C(=O)CCCN(c1cccc(Cl)c1C)S(C)(=O)=O. The van der Waals surface area contributed by atoms with Crippen LogP contribution in [-0.2, 0) is 26.2 Å². The van der Waals surface area contributed by atoms with Gasteiger partial charge in [-0.15, -0.1) is 0 Å². The molecule has 0 aromatic heterocycles. The number of hydrogen-bond donors (Lipinski definition) is 1. The highest BCUT2D eigenvalue weighted by Gasteiger charge is 2.27. The summed E-state index contributed by atoms with van der Waals surface area (Å²) in [5.74, 6) is -0.570. The molecule has 0 aliphatic rings. The van der Waals surface area contributed by atoms with E-state index in [9.17, 15) is 18.0 Å². The normalized spacial score (nSPS) is 12.2. The highest BCUT2D eigenvalue weighted by Crippen LogP contribution is 2.29. The van der Waals surface area contributed by atoms with Gasteiger partial charge in [-0.1, -0.05) is 46.9 Å². The van der Waals surface area contributed by atoms with Crippen molar-refractivity contribution in [2.24, 2.45) is 0 Å². The van der Waals surface area contributed by atoms with E-state index < -0.39 is 16.1 Å². The summed E-state index contributed by atoms with van der Waals surface area (Å²) in [7, 11) is -3.61. The molecule has 2 aromatic carbocycles. The van der Waals surface area contributed by atoms with Gasteiger partial charge in [0, 0.05) is 31.1 Å². The summed E-state index contributed by atoms with van der Waals surface area (Å²) in [6.07, 6.45) is 1.40. The van der Waals surface area contributed by atoms with Crippen LogP contribution in [0.15, 0.2) is 36.4 Å². The van der Waals surface area contributed by atoms with Crippen molar-refractivity contribution in [2.75, 3.05) is 23.7 Å². The highest BCUT2D eigenvalue weighted by atomic mass is 35.5. The molecule has 7 nitrogen and oxygen atoms in total. The van der Waals surface area contributed by atoms with E-state index in [-0.39, 0.29) is 37.7 Å². The number of hydrogen-bond acceptors (Lipinski definition) is 4. The minimum absolute atomic E-state index is 0.0384. The molecule has 0 fully saturated rings. The first kappa shape index (κ1) is 29.2. The van der Waals surface area contributed by atoms with Crippen LogP contribution in [-0.4, -0.2) is 50.5 Å². The standard InChI is InChI=1S/C24H30Cl3N3O4S/c1-5-28-24(32)17(3)29(15-18-11-12-20(26)21(27)14-18)23(31)10-7-13-30(35(4,33)34)22-9-6-8-19(25)16(22)2/h6,8-9,11-12,14,17H,5,7,10,13,15H2,1-4H3,(H,28,32). The first-order valence-electron chi connectivity index (χ1n) is 11.1. The molecule has 0 saturated heterocycles. The Morgan fingerprint density at radius 3 is 2.34 bits per heavy atom. The Bertz CT molecular complexity index is 1170. The number of carbonyl (C=O) groups is 2. The molecule has 2 amide bonds. The summed E-state index contributed by atoms with van der Waals surface area (Å²) in [6, 6.07) is 9.34. The minimum atomic E-state index is -3.61. The van der Waals surface area contributed by atoms with E-state index in [1.54, 1.807) is 57.2 Å². The summed E-state index contributed by atoms with van der Waals surface area (Å²) in [4.78, 5) is 27.2. The number of likely N-dealkylation sites (N-methyl/N-ethyl adjacent to an activating group) is 1. The number of rotatable bonds is 11. The van der Waals surface area contributed by atoms with Crippen LogP contribution >= 0.6 is 34.8 Å². The van der Waals surface area contributed by atoms with Gasteiger partial charge in [-0.25, -0.2) is 8.42 Å². The summed E-state index contributed by atoms with van der Waals surface area (Å²) < 4.78 is 26.2. The fourth-order valence-corrected chi connectivity index (χ4v) is 5.09. The van der Waals surface area contributed by atoms with Crippen molar-refractivity contribution in [3.63, 3.8) is 0 Å². The Morgan fingerprint density at radius 1 is 1.06 bits per heavy atom. The number of anilines is 1. The van der Waals surface area contributed by atoms with E-state index in [1.165, 1.54) is 9.21 Å². The minimum Gasteiger partial charge on any atom is -0.355 e. The number of benzene rings is 2. The lowest BCUT2D eigenvalue weighted by atomic mass is 10.1. The monoisotopic (exact) mass is 561 g/mol. The van der Waals surface area contributed by atoms with Crippen LogP contribution in [0.4, 0.5) is 5.69 Å². The van der Waals surface area contributed by atoms with Crippen molar-refractivity contribution in [2.45, 2.75) is 46.2 Å². The molecule has 1 atom stereocenters. The molecule has 0 aliphatic heterocycles. The Kier molecular flexibility index (Phi) is 10.7. The molecule has 0 heterocycles. The van der Waals surface area contributed by atoms with Gasteiger partial charge in [0.1, 0.15) is 6.04 Å². The highest BCUT2D eigenvalue weighted by molar-refractivity contribution is 7.92. The lowest BCUT2D eigenvalue weighted by Crippen LogP contribution is -2.47. The molecule has 0 radical (unpaired) electrons. The third-order valence-corrected chi connectivity index (χ3v) is 7.84. The van der Waals surface area contributed by atoms with E-state index in [4.69, 9.17) is 34.8 Å². The van der Waals surface area contributed by atoms with Gasteiger partial charge < -0.3 is 10.2 Å². The van der Waals surface area contributed by atoms with Gasteiger partial charge in [-0.3, -0.25) is 13.9 Å². The van der Waals surface area contributed by atoms with Crippen molar-refractivity contribution in [3.8, 4) is 0 Å². The number of nitrogens with zero attached hydrogens (tertiary/aromatic N) is 2. The van der Waals surface area contributed by atoms with Crippen LogP contribution in [0.25, 0.3) is 0 Å². The first-order valence-corrected chi connectivity index (χ1v) is 14.1. The maximum Gasteiger partial charge on any atom is 0.242 e. The van der Waals surface area contributed by atoms with E-state index in [0.717, 1.165) is 11.8 Å². The molecular weight excluding hydrogens is 533 g/mol. The van der Waals surface area contributed by atoms with E-state index in [0.29, 0.717) is 32.9 Å². The predicted molar refractivity (Wildman–Crippen MR) is 143 cm³/mol. The molecule has 1 unspecified atom stereocenters. The third-order valence-electron chi connectivity index (χ3n) is 5.52. The fourth-order valence-electron chi connectivity index (χ4n) is 3.59. The second kappa shape index (κ2) is 12.8. The Hall–Kier alpha value is -2.00. The molecular formula is C24H30Cl3N3O4S. The Balaban J connectivity index is 2.21. The molecule has 0 saturated carbocycles. The molecule has 2 rings (SSSR count). The van der Waals surface area contributed by atoms with Crippen LogP contribution in [0.2, 0.25) is 15.1 Å². The first-order chi connectivity index (χ1) is 16.4. The van der Waals surface area contributed by atoms with E-state index in [2.05, 4.69) is 5.32 Å². The topological polar surface area (TPSA) is 86.8 Å². The van der Waals surface area contributed by atoms with Crippen molar-refractivity contribution >= 4 is 62.3 Å². The van der Waals surface area contributed by atoms with Gasteiger partial charge in [0.05, 0.1) is 22.0 Å². The third kappa shape index (κ3) is 8.00. The van der Waals surface area contributed by atoms with Crippen LogP contribution in [0.3, 0.4) is 0 Å². The molecule has 35 heavy (non-hydrogen) atoms. The summed E-state index contributed by atoms with van der Waals surface area (Å²) in [5, 5.41) is 3.93. The molecule has 2 aromatic rings. The summed E-state index contributed by atoms with van der Waals surface area (Å²) >= 11 is 18.3. The number of amides is 2. The van der Waals surface area contributed by atoms with E-state index >= 15 is 0 Å². The molecule has 192 valence electrons. The molecule has 0 bridgehead atoms. The summed E-state index contributed by atoms with van der Waals surface area (Å²) in [6.45, 7) is 5.86. The molecule has 11 heteroatoms. The lowest BCUT2D eigenvalue weighted by molar-refractivity contribution is -0.140. The maximum atomic E-state index is 13.2. The quantitative estimate of drug-likeness (QED) is 0.415. The van der Waals surface area contributed by atoms with Crippen LogP contribution < -0.4 is 9.62 Å². The Labute approximate surface area is 222 Å². The largest absolute Gasteiger partial charge is 0.355 e. The molecule has 0 spiro atoms. The zero-order chi connectivity index (χ0) is 26.3. The second-order valence-corrected chi connectivity index (χ2v) is 11.3. The van der Waals surface area contributed by atoms with Gasteiger partial charge in [0.25, 0.3) is 0 Å². The Morgan fingerprint density at radius 2 is 1.74 bits per heavy atom. The van der Waals surface area contributed by atoms with Crippen LogP contribution in [0.5, 0.6) is 0 Å². The van der Waals surface area contributed by atoms with Gasteiger partial charge in [-0.2, -0.15) is 0 Å². The number of carbonyl (C=O) groups excluding carboxylic acids is 2. The molecule has 1 N–H and O–H groups in total. The van der Waals surface area contributed by atoms with Crippen molar-refractivity contribution < 1.29 is 18.0 Å². The van der Waals surface area contributed by atoms with E-state index in [1.807, 2.05) is 0 Å². The zero-order valence-electron chi connectivity index (χ0n) is 20.1. The van der Waals surface area contributed by atoms with Gasteiger partial charge in [0.15, 0.2) is 0 Å².